The average molecular weight is 323 g/mol. The largest absolute Gasteiger partial charge is 0.381 e. The fraction of sp³-hybridized carbons (Fsp3) is 1.00. The summed E-state index contributed by atoms with van der Waals surface area (Å²) >= 11 is 6.10. The summed E-state index contributed by atoms with van der Waals surface area (Å²) in [4.78, 5) is 0. The Hall–Kier alpha value is 0.130. The molecule has 1 saturated heterocycles. The van der Waals surface area contributed by atoms with Gasteiger partial charge >= 0.3 is 0 Å². The minimum Gasteiger partial charge on any atom is -0.381 e. The summed E-state index contributed by atoms with van der Waals surface area (Å²) in [5, 5.41) is 0. The number of alkyl halides is 1. The van der Waals surface area contributed by atoms with Gasteiger partial charge in [-0.25, -0.2) is 0 Å². The van der Waals surface area contributed by atoms with Gasteiger partial charge in [-0.15, -0.1) is 11.6 Å². The zero-order valence-corrected chi connectivity index (χ0v) is 14.2. The van der Waals surface area contributed by atoms with Gasteiger partial charge in [0, 0.05) is 31.1 Å². The molecule has 1 rings (SSSR count). The Balaban J connectivity index is 1.87. The van der Waals surface area contributed by atoms with Gasteiger partial charge in [0.15, 0.2) is 0 Å². The fourth-order valence-electron chi connectivity index (χ4n) is 2.36. The molecule has 0 aromatic carbocycles. The summed E-state index contributed by atoms with van der Waals surface area (Å²) in [5.41, 5.74) is 0.119. The van der Waals surface area contributed by atoms with Crippen LogP contribution in [-0.4, -0.2) is 58.7 Å². The molecule has 0 saturated carbocycles. The van der Waals surface area contributed by atoms with Gasteiger partial charge in [-0.3, -0.25) is 0 Å². The Kier molecular flexibility index (Phi) is 11.6. The van der Waals surface area contributed by atoms with Gasteiger partial charge in [-0.1, -0.05) is 13.3 Å². The summed E-state index contributed by atoms with van der Waals surface area (Å²) in [6, 6.07) is 0. The van der Waals surface area contributed by atoms with Crippen LogP contribution >= 0.6 is 11.6 Å². The average Bonchev–Trinajstić information content (AvgIpc) is 2.53. The molecule has 4 nitrogen and oxygen atoms in total. The molecule has 0 radical (unpaired) electrons. The van der Waals surface area contributed by atoms with Gasteiger partial charge in [-0.05, 0) is 25.7 Å². The molecule has 0 N–H and O–H groups in total. The van der Waals surface area contributed by atoms with Crippen LogP contribution in [0.1, 0.15) is 39.0 Å². The minimum absolute atomic E-state index is 0.119. The third-order valence-electron chi connectivity index (χ3n) is 3.85. The molecule has 5 heteroatoms. The van der Waals surface area contributed by atoms with Crippen LogP contribution in [-0.2, 0) is 18.9 Å². The maximum absolute atomic E-state index is 6.10. The first kappa shape index (κ1) is 19.2. The third kappa shape index (κ3) is 8.99. The van der Waals surface area contributed by atoms with Crippen molar-refractivity contribution in [1.82, 2.24) is 0 Å². The monoisotopic (exact) mass is 322 g/mol. The molecule has 0 aromatic heterocycles. The van der Waals surface area contributed by atoms with Gasteiger partial charge in [0.25, 0.3) is 0 Å². The number of unbranched alkanes of at least 4 members (excludes halogenated alkanes) is 1. The summed E-state index contributed by atoms with van der Waals surface area (Å²) in [7, 11) is 0. The summed E-state index contributed by atoms with van der Waals surface area (Å²) < 4.78 is 22.0. The molecule has 126 valence electrons. The molecule has 1 heterocycles. The van der Waals surface area contributed by atoms with Crippen LogP contribution in [0.15, 0.2) is 0 Å². The highest BCUT2D eigenvalue weighted by molar-refractivity contribution is 6.18. The normalized spacial score (nSPS) is 22.6. The molecule has 1 atom stereocenters. The lowest BCUT2D eigenvalue weighted by Gasteiger charge is -2.35. The standard InChI is InChI=1S/C16H31ClO4/c1-2-3-7-18-10-12-20-13-11-19-9-6-16(14-17)5-4-8-21-15-16/h2-15H2,1H3. The lowest BCUT2D eigenvalue weighted by atomic mass is 9.82. The van der Waals surface area contributed by atoms with Crippen LogP contribution in [0, 0.1) is 5.41 Å². The first-order valence-electron chi connectivity index (χ1n) is 8.20. The number of hydrogen-bond donors (Lipinski definition) is 0. The molecule has 1 aliphatic rings. The second-order valence-corrected chi connectivity index (χ2v) is 6.00. The van der Waals surface area contributed by atoms with E-state index in [0.29, 0.717) is 32.3 Å². The second kappa shape index (κ2) is 12.7. The minimum atomic E-state index is 0.119. The predicted molar refractivity (Wildman–Crippen MR) is 85.2 cm³/mol. The molecule has 0 aliphatic carbocycles. The van der Waals surface area contributed by atoms with E-state index in [4.69, 9.17) is 30.5 Å². The smallest absolute Gasteiger partial charge is 0.0701 e. The first-order valence-corrected chi connectivity index (χ1v) is 8.73. The Morgan fingerprint density at radius 1 is 1.00 bits per heavy atom. The lowest BCUT2D eigenvalue weighted by molar-refractivity contribution is -0.0252. The van der Waals surface area contributed by atoms with E-state index in [0.717, 1.165) is 52.1 Å². The Labute approximate surface area is 134 Å². The molecule has 1 aliphatic heterocycles. The van der Waals surface area contributed by atoms with Crippen LogP contribution < -0.4 is 0 Å². The maximum atomic E-state index is 6.10. The molecule has 0 bridgehead atoms. The van der Waals surface area contributed by atoms with Crippen LogP contribution in [0.4, 0.5) is 0 Å². The number of halogens is 1. The Morgan fingerprint density at radius 3 is 2.24 bits per heavy atom. The summed E-state index contributed by atoms with van der Waals surface area (Å²) in [5.74, 6) is 0.655. The molecular weight excluding hydrogens is 292 g/mol. The van der Waals surface area contributed by atoms with Crippen molar-refractivity contribution in [3.8, 4) is 0 Å². The zero-order valence-electron chi connectivity index (χ0n) is 13.4. The predicted octanol–water partition coefficient (Wildman–Crippen LogP) is 3.26. The summed E-state index contributed by atoms with van der Waals surface area (Å²) in [6.07, 6.45) is 5.51. The highest BCUT2D eigenvalue weighted by atomic mass is 35.5. The van der Waals surface area contributed by atoms with Crippen molar-refractivity contribution >= 4 is 11.6 Å². The first-order chi connectivity index (χ1) is 10.3. The third-order valence-corrected chi connectivity index (χ3v) is 4.42. The number of ether oxygens (including phenoxy) is 4. The SMILES string of the molecule is CCCCOCCOCCOCCC1(CCl)CCCOC1. The van der Waals surface area contributed by atoms with Gasteiger partial charge in [0.1, 0.15) is 0 Å². The van der Waals surface area contributed by atoms with E-state index in [-0.39, 0.29) is 5.41 Å². The van der Waals surface area contributed by atoms with Crippen molar-refractivity contribution in [2.75, 3.05) is 58.7 Å². The molecule has 0 aromatic rings. The van der Waals surface area contributed by atoms with Gasteiger partial charge in [-0.2, -0.15) is 0 Å². The van der Waals surface area contributed by atoms with Crippen molar-refractivity contribution in [1.29, 1.82) is 0 Å². The van der Waals surface area contributed by atoms with Crippen LogP contribution in [0.5, 0.6) is 0 Å². The molecule has 21 heavy (non-hydrogen) atoms. The van der Waals surface area contributed by atoms with E-state index < -0.39 is 0 Å². The van der Waals surface area contributed by atoms with Crippen LogP contribution in [0.3, 0.4) is 0 Å². The van der Waals surface area contributed by atoms with Gasteiger partial charge in [0.2, 0.25) is 0 Å². The van der Waals surface area contributed by atoms with Gasteiger partial charge in [0.05, 0.1) is 33.0 Å². The van der Waals surface area contributed by atoms with E-state index in [1.165, 1.54) is 6.42 Å². The van der Waals surface area contributed by atoms with Crippen LogP contribution in [0.25, 0.3) is 0 Å². The summed E-state index contributed by atoms with van der Waals surface area (Å²) in [6.45, 7) is 7.93. The number of hydrogen-bond acceptors (Lipinski definition) is 4. The van der Waals surface area contributed by atoms with E-state index >= 15 is 0 Å². The van der Waals surface area contributed by atoms with Crippen molar-refractivity contribution < 1.29 is 18.9 Å². The number of rotatable bonds is 13. The highest BCUT2D eigenvalue weighted by Crippen LogP contribution is 2.33. The molecule has 0 spiro atoms. The Bertz CT molecular complexity index is 232. The molecule has 1 unspecified atom stereocenters. The fourth-order valence-corrected chi connectivity index (χ4v) is 2.70. The Morgan fingerprint density at radius 2 is 1.67 bits per heavy atom. The highest BCUT2D eigenvalue weighted by Gasteiger charge is 2.31. The topological polar surface area (TPSA) is 36.9 Å². The second-order valence-electron chi connectivity index (χ2n) is 5.73. The van der Waals surface area contributed by atoms with E-state index in [9.17, 15) is 0 Å². The molecule has 0 amide bonds. The maximum Gasteiger partial charge on any atom is 0.0701 e. The molecular formula is C16H31ClO4. The van der Waals surface area contributed by atoms with Crippen molar-refractivity contribution in [3.63, 3.8) is 0 Å². The molecule has 1 fully saturated rings. The van der Waals surface area contributed by atoms with E-state index in [1.807, 2.05) is 0 Å². The quantitative estimate of drug-likeness (QED) is 0.385. The van der Waals surface area contributed by atoms with E-state index in [2.05, 4.69) is 6.92 Å². The van der Waals surface area contributed by atoms with Gasteiger partial charge < -0.3 is 18.9 Å². The van der Waals surface area contributed by atoms with Crippen LogP contribution in [0.2, 0.25) is 0 Å². The van der Waals surface area contributed by atoms with Crippen molar-refractivity contribution in [2.24, 2.45) is 5.41 Å². The zero-order chi connectivity index (χ0) is 15.2. The van der Waals surface area contributed by atoms with Crippen molar-refractivity contribution in [2.45, 2.75) is 39.0 Å². The lowest BCUT2D eigenvalue weighted by Crippen LogP contribution is -2.34. The van der Waals surface area contributed by atoms with E-state index in [1.54, 1.807) is 0 Å². The van der Waals surface area contributed by atoms with Crippen molar-refractivity contribution in [3.05, 3.63) is 0 Å².